The highest BCUT2D eigenvalue weighted by Gasteiger charge is 2.59. The molecule has 0 radical (unpaired) electrons. The maximum absolute atomic E-state index is 12.6. The summed E-state index contributed by atoms with van der Waals surface area (Å²) in [5.74, 6) is -5.25. The molecule has 1 aromatic rings. The fraction of sp³-hybridized carbons (Fsp3) is 0.333. The Balaban J connectivity index is 3.13. The Bertz CT molecular complexity index is 375. The number of thiophene rings is 1. The predicted molar refractivity (Wildman–Crippen MR) is 43.0 cm³/mol. The summed E-state index contributed by atoms with van der Waals surface area (Å²) < 4.78 is 96.7. The Kier molecular flexibility index (Phi) is 2.99. The molecule has 0 nitrogen and oxygen atoms in total. The monoisotopic (exact) mass is 269 g/mol. The van der Waals surface area contributed by atoms with Crippen molar-refractivity contribution in [3.8, 4) is 0 Å². The minimum absolute atomic E-state index is 0.168. The van der Waals surface area contributed by atoms with Gasteiger partial charge in [0.2, 0.25) is 0 Å². The lowest BCUT2D eigenvalue weighted by Gasteiger charge is -2.18. The van der Waals surface area contributed by atoms with E-state index >= 15 is 0 Å². The Morgan fingerprint density at radius 1 is 1.00 bits per heavy atom. The molecule has 0 spiro atoms. The molecule has 0 aliphatic heterocycles. The van der Waals surface area contributed by atoms with Crippen LogP contribution in [0.25, 0.3) is 0 Å². The van der Waals surface area contributed by atoms with E-state index < -0.39 is 29.4 Å². The number of hydrogen-bond donors (Lipinski definition) is 0. The summed E-state index contributed by atoms with van der Waals surface area (Å²) in [6, 6.07) is -0.168. The van der Waals surface area contributed by atoms with E-state index in [1.165, 1.54) is 0 Å². The Morgan fingerprint density at radius 2 is 1.50 bits per heavy atom. The first kappa shape index (κ1) is 13.3. The normalized spacial score (nSPS) is 14.2. The quantitative estimate of drug-likeness (QED) is 0.569. The molecule has 0 unspecified atom stereocenters. The number of rotatable bonds is 2. The highest BCUT2D eigenvalue weighted by atomic mass is 32.1. The summed E-state index contributed by atoms with van der Waals surface area (Å²) in [5, 5.41) is 0.245. The molecule has 92 valence electrons. The van der Waals surface area contributed by atoms with Crippen LogP contribution in [0.1, 0.15) is 4.88 Å². The first-order chi connectivity index (χ1) is 6.96. The van der Waals surface area contributed by atoms with Gasteiger partial charge in [-0.05, 0) is 5.38 Å². The molecule has 0 saturated carbocycles. The minimum atomic E-state index is -5.90. The SMILES string of the molecule is F[B-](F)(F)c1csc(C(F)(F)C(F)(F)F)c1. The van der Waals surface area contributed by atoms with Gasteiger partial charge in [0.15, 0.2) is 0 Å². The molecule has 0 aliphatic rings. The van der Waals surface area contributed by atoms with Crippen LogP contribution in [-0.4, -0.2) is 13.2 Å². The second-order valence-corrected chi connectivity index (χ2v) is 3.80. The highest BCUT2D eigenvalue weighted by Crippen LogP contribution is 2.45. The standard InChI is InChI=1S/C6H2BF8S/c8-5(9,6(10,11)12)4-1-3(2-16-4)7(13,14)15/h1-2H/q-1. The van der Waals surface area contributed by atoms with E-state index in [-0.39, 0.29) is 22.8 Å². The van der Waals surface area contributed by atoms with Crippen molar-refractivity contribution >= 4 is 23.8 Å². The van der Waals surface area contributed by atoms with Gasteiger partial charge >= 0.3 is 19.1 Å². The number of hydrogen-bond acceptors (Lipinski definition) is 1. The van der Waals surface area contributed by atoms with Gasteiger partial charge in [0.25, 0.3) is 0 Å². The van der Waals surface area contributed by atoms with Gasteiger partial charge < -0.3 is 12.9 Å². The van der Waals surface area contributed by atoms with Crippen molar-refractivity contribution in [2.75, 3.05) is 0 Å². The van der Waals surface area contributed by atoms with Gasteiger partial charge in [-0.1, -0.05) is 11.5 Å². The van der Waals surface area contributed by atoms with Crippen LogP contribution < -0.4 is 5.46 Å². The second-order valence-electron chi connectivity index (χ2n) is 2.89. The van der Waals surface area contributed by atoms with Gasteiger partial charge in [0.1, 0.15) is 0 Å². The Labute approximate surface area is 87.9 Å². The predicted octanol–water partition coefficient (Wildman–Crippen LogP) is 3.46. The lowest BCUT2D eigenvalue weighted by Crippen LogP contribution is -2.35. The van der Waals surface area contributed by atoms with E-state index in [1.807, 2.05) is 0 Å². The van der Waals surface area contributed by atoms with E-state index in [0.29, 0.717) is 0 Å². The fourth-order valence-corrected chi connectivity index (χ4v) is 1.78. The largest absolute Gasteiger partial charge is 0.510 e. The van der Waals surface area contributed by atoms with Gasteiger partial charge in [-0.15, -0.1) is 11.3 Å². The maximum Gasteiger partial charge on any atom is 0.510 e. The van der Waals surface area contributed by atoms with Crippen molar-refractivity contribution < 1.29 is 34.9 Å². The topological polar surface area (TPSA) is 0 Å². The Morgan fingerprint density at radius 3 is 1.81 bits per heavy atom. The van der Waals surface area contributed by atoms with Crippen molar-refractivity contribution in [3.63, 3.8) is 0 Å². The van der Waals surface area contributed by atoms with Crippen LogP contribution in [-0.2, 0) is 5.92 Å². The zero-order chi connectivity index (χ0) is 12.8. The Hall–Kier alpha value is -0.795. The molecule has 0 aromatic carbocycles. The molecule has 1 rings (SSSR count). The summed E-state index contributed by atoms with van der Waals surface area (Å²) in [5.41, 5.74) is -1.45. The van der Waals surface area contributed by atoms with Crippen LogP contribution in [0.3, 0.4) is 0 Å². The molecule has 16 heavy (non-hydrogen) atoms. The van der Waals surface area contributed by atoms with Crippen LogP contribution >= 0.6 is 11.3 Å². The fourth-order valence-electron chi connectivity index (χ4n) is 0.827. The van der Waals surface area contributed by atoms with E-state index in [0.717, 1.165) is 0 Å². The van der Waals surface area contributed by atoms with Gasteiger partial charge in [-0.2, -0.15) is 22.0 Å². The first-order valence-corrected chi connectivity index (χ1v) is 4.57. The minimum Gasteiger partial charge on any atom is -0.445 e. The zero-order valence-corrected chi connectivity index (χ0v) is 7.98. The lowest BCUT2D eigenvalue weighted by molar-refractivity contribution is -0.287. The maximum atomic E-state index is 12.6. The molecule has 0 amide bonds. The van der Waals surface area contributed by atoms with Crippen LogP contribution in [0.5, 0.6) is 0 Å². The van der Waals surface area contributed by atoms with E-state index in [2.05, 4.69) is 0 Å². The van der Waals surface area contributed by atoms with Crippen molar-refractivity contribution in [2.45, 2.75) is 12.1 Å². The molecule has 0 atom stereocenters. The number of alkyl halides is 5. The van der Waals surface area contributed by atoms with E-state index in [1.54, 1.807) is 0 Å². The van der Waals surface area contributed by atoms with Gasteiger partial charge in [-0.3, -0.25) is 0 Å². The third-order valence-corrected chi connectivity index (χ3v) is 2.68. The van der Waals surface area contributed by atoms with Crippen molar-refractivity contribution in [2.24, 2.45) is 0 Å². The molecule has 0 fully saturated rings. The van der Waals surface area contributed by atoms with Crippen LogP contribution in [0.2, 0.25) is 0 Å². The van der Waals surface area contributed by atoms with Gasteiger partial charge in [0, 0.05) is 0 Å². The van der Waals surface area contributed by atoms with Gasteiger partial charge in [-0.25, -0.2) is 0 Å². The van der Waals surface area contributed by atoms with Crippen LogP contribution in [0, 0.1) is 0 Å². The summed E-state index contributed by atoms with van der Waals surface area (Å²) in [6.45, 7) is -5.57. The molecular weight excluding hydrogens is 267 g/mol. The third-order valence-electron chi connectivity index (χ3n) is 1.66. The molecule has 0 saturated heterocycles. The van der Waals surface area contributed by atoms with E-state index in [4.69, 9.17) is 0 Å². The summed E-state index contributed by atoms with van der Waals surface area (Å²) in [6.07, 6.45) is -5.90. The average molecular weight is 269 g/mol. The summed E-state index contributed by atoms with van der Waals surface area (Å²) >= 11 is -0.264. The average Bonchev–Trinajstić information content (AvgIpc) is 2.47. The van der Waals surface area contributed by atoms with Crippen molar-refractivity contribution in [1.29, 1.82) is 0 Å². The van der Waals surface area contributed by atoms with Crippen LogP contribution in [0.15, 0.2) is 11.4 Å². The number of halogens is 8. The molecule has 1 aromatic heterocycles. The molecule has 0 bridgehead atoms. The molecular formula is C6H2BF8S-. The zero-order valence-electron chi connectivity index (χ0n) is 7.16. The molecule has 0 aliphatic carbocycles. The third kappa shape index (κ3) is 2.31. The van der Waals surface area contributed by atoms with Gasteiger partial charge in [0.05, 0.1) is 4.88 Å². The smallest absolute Gasteiger partial charge is 0.445 e. The van der Waals surface area contributed by atoms with Crippen molar-refractivity contribution in [1.82, 2.24) is 0 Å². The summed E-state index contributed by atoms with van der Waals surface area (Å²) in [7, 11) is 0. The highest BCUT2D eigenvalue weighted by molar-refractivity contribution is 7.11. The lowest BCUT2D eigenvalue weighted by atomic mass is 9.82. The first-order valence-electron chi connectivity index (χ1n) is 3.69. The van der Waals surface area contributed by atoms with Crippen LogP contribution in [0.4, 0.5) is 34.9 Å². The van der Waals surface area contributed by atoms with Crippen molar-refractivity contribution in [3.05, 3.63) is 16.3 Å². The second kappa shape index (κ2) is 3.61. The molecule has 10 heteroatoms. The van der Waals surface area contributed by atoms with E-state index in [9.17, 15) is 34.9 Å². The summed E-state index contributed by atoms with van der Waals surface area (Å²) in [4.78, 5) is -1.66. The molecule has 1 heterocycles. The molecule has 0 N–H and O–H groups in total.